The molecule has 0 spiro atoms. The van der Waals surface area contributed by atoms with Gasteiger partial charge in [0.25, 0.3) is 5.56 Å². The minimum absolute atomic E-state index is 0.181. The molecule has 0 N–H and O–H groups in total. The lowest BCUT2D eigenvalue weighted by Gasteiger charge is -1.82. The maximum atomic E-state index is 12.3. The molecular weight excluding hydrogens is 318 g/mol. The minimum Gasteiger partial charge on any atom is -0.465 e. The molecule has 0 saturated heterocycles. The van der Waals surface area contributed by atoms with E-state index in [9.17, 15) is 4.79 Å². The molecule has 108 valence electrons. The Hall–Kier alpha value is -2.51. The van der Waals surface area contributed by atoms with Crippen LogP contribution < -0.4 is 10.1 Å². The predicted octanol–water partition coefficient (Wildman–Crippen LogP) is 2.52. The van der Waals surface area contributed by atoms with Crippen LogP contribution in [0.1, 0.15) is 16.5 Å². The van der Waals surface area contributed by atoms with Crippen molar-refractivity contribution in [3.05, 3.63) is 67.3 Å². The van der Waals surface area contributed by atoms with Crippen LogP contribution in [-0.4, -0.2) is 14.6 Å². The summed E-state index contributed by atoms with van der Waals surface area (Å²) in [5.74, 6) is 1.17. The molecular formula is C15H9N3O2S2. The van der Waals surface area contributed by atoms with Crippen LogP contribution in [0.2, 0.25) is 0 Å². The van der Waals surface area contributed by atoms with Crippen LogP contribution in [0.5, 0.6) is 0 Å². The van der Waals surface area contributed by atoms with Gasteiger partial charge in [-0.15, -0.1) is 16.4 Å². The third kappa shape index (κ3) is 2.40. The number of furan rings is 1. The summed E-state index contributed by atoms with van der Waals surface area (Å²) in [6.45, 7) is 0. The van der Waals surface area contributed by atoms with Crippen molar-refractivity contribution in [2.45, 2.75) is 0 Å². The highest BCUT2D eigenvalue weighted by Crippen LogP contribution is 2.12. The second kappa shape index (κ2) is 5.36. The van der Waals surface area contributed by atoms with E-state index in [1.54, 1.807) is 41.9 Å². The maximum Gasteiger partial charge on any atom is 0.291 e. The number of hydrogen-bond donors (Lipinski definition) is 0. The lowest BCUT2D eigenvalue weighted by Crippen LogP contribution is -2.23. The summed E-state index contributed by atoms with van der Waals surface area (Å²) in [4.78, 5) is 18.3. The fourth-order valence-electron chi connectivity index (χ4n) is 1.96. The first-order valence-electron chi connectivity index (χ1n) is 6.46. The topological polar surface area (TPSA) is 60.4 Å². The van der Waals surface area contributed by atoms with Gasteiger partial charge in [-0.25, -0.2) is 0 Å². The molecule has 0 fully saturated rings. The van der Waals surface area contributed by atoms with Gasteiger partial charge in [0.05, 0.1) is 6.26 Å². The van der Waals surface area contributed by atoms with E-state index in [-0.39, 0.29) is 5.56 Å². The number of fused-ring (bicyclic) bond motifs is 1. The fourth-order valence-corrected chi connectivity index (χ4v) is 3.48. The third-order valence-corrected chi connectivity index (χ3v) is 4.75. The van der Waals surface area contributed by atoms with Crippen molar-refractivity contribution < 1.29 is 4.42 Å². The Morgan fingerprint density at radius 2 is 2.18 bits per heavy atom. The van der Waals surface area contributed by atoms with Crippen molar-refractivity contribution in [1.82, 2.24) is 14.6 Å². The van der Waals surface area contributed by atoms with Crippen LogP contribution in [0.4, 0.5) is 0 Å². The highest BCUT2D eigenvalue weighted by atomic mass is 32.1. The van der Waals surface area contributed by atoms with Crippen LogP contribution >= 0.6 is 22.7 Å². The Morgan fingerprint density at radius 3 is 2.91 bits per heavy atom. The zero-order valence-electron chi connectivity index (χ0n) is 11.2. The Bertz CT molecular complexity index is 1040. The van der Waals surface area contributed by atoms with Gasteiger partial charge in [-0.2, -0.15) is 9.50 Å². The van der Waals surface area contributed by atoms with Gasteiger partial charge >= 0.3 is 0 Å². The van der Waals surface area contributed by atoms with E-state index in [4.69, 9.17) is 4.42 Å². The highest BCUT2D eigenvalue weighted by Gasteiger charge is 2.09. The molecule has 0 aliphatic heterocycles. The molecule has 4 rings (SSSR count). The number of nitrogens with zero attached hydrogens (tertiary/aromatic N) is 3. The molecule has 0 aliphatic carbocycles. The van der Waals surface area contributed by atoms with Gasteiger partial charge in [0.15, 0.2) is 5.82 Å². The van der Waals surface area contributed by atoms with Crippen LogP contribution in [0.25, 0.3) is 23.2 Å². The molecule has 4 aromatic heterocycles. The zero-order chi connectivity index (χ0) is 14.9. The van der Waals surface area contributed by atoms with Crippen LogP contribution in [-0.2, 0) is 0 Å². The van der Waals surface area contributed by atoms with E-state index >= 15 is 0 Å². The van der Waals surface area contributed by atoms with E-state index in [1.165, 1.54) is 15.9 Å². The summed E-state index contributed by atoms with van der Waals surface area (Å²) in [5, 5.41) is 6.24. The molecule has 0 radical (unpaired) electrons. The van der Waals surface area contributed by atoms with Crippen LogP contribution in [0, 0.1) is 0 Å². The molecule has 0 aliphatic rings. The van der Waals surface area contributed by atoms with Crippen molar-refractivity contribution >= 4 is 45.9 Å². The molecule has 5 nitrogen and oxygen atoms in total. The first kappa shape index (κ1) is 13.2. The quantitative estimate of drug-likeness (QED) is 0.580. The molecule has 0 saturated carbocycles. The van der Waals surface area contributed by atoms with Crippen molar-refractivity contribution in [2.75, 3.05) is 0 Å². The first-order valence-corrected chi connectivity index (χ1v) is 8.15. The molecule has 7 heteroatoms. The summed E-state index contributed by atoms with van der Waals surface area (Å²) >= 11 is 2.93. The summed E-state index contributed by atoms with van der Waals surface area (Å²) in [6, 6.07) is 7.57. The van der Waals surface area contributed by atoms with Gasteiger partial charge in [0.1, 0.15) is 10.3 Å². The van der Waals surface area contributed by atoms with Gasteiger partial charge < -0.3 is 4.42 Å². The Labute approximate surface area is 132 Å². The summed E-state index contributed by atoms with van der Waals surface area (Å²) in [7, 11) is 0. The largest absolute Gasteiger partial charge is 0.465 e. The summed E-state index contributed by atoms with van der Waals surface area (Å²) < 4.78 is 7.10. The second-order valence-corrected chi connectivity index (χ2v) is 6.43. The van der Waals surface area contributed by atoms with E-state index in [0.29, 0.717) is 21.1 Å². The Balaban J connectivity index is 1.73. The van der Waals surface area contributed by atoms with Crippen molar-refractivity contribution in [1.29, 1.82) is 0 Å². The number of aromatic nitrogens is 3. The standard InChI is InChI=1S/C15H9N3O2S2/c19-14-12(9-10-3-1-7-20-10)22-15-16-13(17-18(14)15)6-5-11-4-2-8-21-11/h1-9H/b6-5+,12-9+. The van der Waals surface area contributed by atoms with Crippen molar-refractivity contribution in [2.24, 2.45) is 0 Å². The summed E-state index contributed by atoms with van der Waals surface area (Å²) in [5.41, 5.74) is -0.181. The summed E-state index contributed by atoms with van der Waals surface area (Å²) in [6.07, 6.45) is 7.01. The SMILES string of the molecule is O=c1/c(=C\c2ccco2)sc2nc(/C=C/c3cccs3)nn12. The average Bonchev–Trinajstić information content (AvgIpc) is 3.27. The van der Waals surface area contributed by atoms with Crippen LogP contribution in [0.3, 0.4) is 0 Å². The van der Waals surface area contributed by atoms with Gasteiger partial charge in [-0.1, -0.05) is 17.4 Å². The number of thiophene rings is 1. The lowest BCUT2D eigenvalue weighted by atomic mass is 10.4. The van der Waals surface area contributed by atoms with Crippen molar-refractivity contribution in [3.63, 3.8) is 0 Å². The van der Waals surface area contributed by atoms with E-state index in [0.717, 1.165) is 4.88 Å². The van der Waals surface area contributed by atoms with Gasteiger partial charge in [-0.05, 0) is 35.7 Å². The maximum absolute atomic E-state index is 12.3. The normalized spacial score (nSPS) is 12.8. The van der Waals surface area contributed by atoms with Gasteiger partial charge in [-0.3, -0.25) is 4.79 Å². The second-order valence-electron chi connectivity index (χ2n) is 4.44. The Kier molecular flexibility index (Phi) is 3.21. The van der Waals surface area contributed by atoms with Crippen molar-refractivity contribution in [3.8, 4) is 0 Å². The molecule has 22 heavy (non-hydrogen) atoms. The molecule has 0 aromatic carbocycles. The molecule has 0 bridgehead atoms. The van der Waals surface area contributed by atoms with Crippen LogP contribution in [0.15, 0.2) is 45.1 Å². The molecule has 4 heterocycles. The lowest BCUT2D eigenvalue weighted by molar-refractivity contribution is 0.556. The average molecular weight is 327 g/mol. The van der Waals surface area contributed by atoms with Gasteiger partial charge in [0.2, 0.25) is 4.96 Å². The fraction of sp³-hybridized carbons (Fsp3) is 0. The van der Waals surface area contributed by atoms with E-state index < -0.39 is 0 Å². The first-order chi connectivity index (χ1) is 10.8. The zero-order valence-corrected chi connectivity index (χ0v) is 12.8. The molecule has 0 atom stereocenters. The molecule has 0 amide bonds. The highest BCUT2D eigenvalue weighted by molar-refractivity contribution is 7.15. The molecule has 4 aromatic rings. The number of thiazole rings is 1. The smallest absolute Gasteiger partial charge is 0.291 e. The van der Waals surface area contributed by atoms with E-state index in [2.05, 4.69) is 10.1 Å². The number of rotatable bonds is 3. The van der Waals surface area contributed by atoms with Gasteiger partial charge in [0, 0.05) is 11.0 Å². The minimum atomic E-state index is -0.181. The molecule has 0 unspecified atom stereocenters. The Morgan fingerprint density at radius 1 is 1.23 bits per heavy atom. The number of hydrogen-bond acceptors (Lipinski definition) is 6. The third-order valence-electron chi connectivity index (χ3n) is 2.95. The van der Waals surface area contributed by atoms with E-state index in [1.807, 2.05) is 23.6 Å². The monoisotopic (exact) mass is 327 g/mol. The predicted molar refractivity (Wildman–Crippen MR) is 87.9 cm³/mol.